The number of anilines is 1. The van der Waals surface area contributed by atoms with Crippen molar-refractivity contribution in [1.82, 2.24) is 4.98 Å². The van der Waals surface area contributed by atoms with E-state index in [-0.39, 0.29) is 5.91 Å². The van der Waals surface area contributed by atoms with Crippen molar-refractivity contribution >= 4 is 34.0 Å². The molecule has 1 aromatic heterocycles. The van der Waals surface area contributed by atoms with Gasteiger partial charge >= 0.3 is 12.1 Å². The van der Waals surface area contributed by atoms with E-state index < -0.39 is 12.1 Å². The SMILES string of the molecule is Cc1cc(C)cc(C(=O)Nc2nc(-c3ccc4c(c3)CC[NH2+]4)cs2)c1.O=C(O)C(F)(F)F. The van der Waals surface area contributed by atoms with Crippen LogP contribution in [-0.2, 0) is 11.2 Å². The summed E-state index contributed by atoms with van der Waals surface area (Å²) in [7, 11) is 0. The molecule has 10 heteroatoms. The first-order valence-electron chi connectivity index (χ1n) is 9.65. The van der Waals surface area contributed by atoms with Crippen LogP contribution in [0.4, 0.5) is 24.0 Å². The maximum atomic E-state index is 12.5. The number of aromatic nitrogens is 1. The molecule has 1 aliphatic heterocycles. The Kier molecular flexibility index (Phi) is 6.95. The number of halogens is 3. The molecule has 2 heterocycles. The normalized spacial score (nSPS) is 12.5. The number of nitrogens with zero attached hydrogens (tertiary/aromatic N) is 1. The minimum absolute atomic E-state index is 0.115. The van der Waals surface area contributed by atoms with Gasteiger partial charge in [-0.1, -0.05) is 17.2 Å². The number of carbonyl (C=O) groups is 2. The quantitative estimate of drug-likeness (QED) is 0.510. The number of alkyl halides is 3. The van der Waals surface area contributed by atoms with Gasteiger partial charge in [0.05, 0.1) is 12.2 Å². The van der Waals surface area contributed by atoms with Crippen LogP contribution in [0.25, 0.3) is 11.3 Å². The monoisotopic (exact) mass is 464 g/mol. The molecule has 0 unspecified atom stereocenters. The lowest BCUT2D eigenvalue weighted by Gasteiger charge is -2.04. The van der Waals surface area contributed by atoms with Crippen LogP contribution in [-0.4, -0.2) is 34.7 Å². The summed E-state index contributed by atoms with van der Waals surface area (Å²) in [4.78, 5) is 26.0. The molecule has 1 amide bonds. The van der Waals surface area contributed by atoms with Gasteiger partial charge in [-0.3, -0.25) is 10.1 Å². The zero-order valence-corrected chi connectivity index (χ0v) is 18.1. The van der Waals surface area contributed by atoms with E-state index in [2.05, 4.69) is 39.9 Å². The average Bonchev–Trinajstić information content (AvgIpc) is 3.35. The molecule has 32 heavy (non-hydrogen) atoms. The first-order chi connectivity index (χ1) is 15.0. The number of carboxylic acids is 1. The average molecular weight is 464 g/mol. The lowest BCUT2D eigenvalue weighted by molar-refractivity contribution is -0.561. The number of quaternary nitrogens is 1. The standard InChI is InChI=1S/C20H19N3OS.C2HF3O2/c1-12-7-13(2)9-16(8-12)19(24)23-20-22-18(11-25-20)14-3-4-17-15(10-14)5-6-21-17;3-2(4,5)1(6)7/h3-4,7-11,21H,5-6H2,1-2H3,(H,22,23,24);(H,6,7)/p+1. The Bertz CT molecular complexity index is 1140. The van der Waals surface area contributed by atoms with Gasteiger partial charge in [0.15, 0.2) is 5.13 Å². The number of rotatable bonds is 3. The van der Waals surface area contributed by atoms with Crippen LogP contribution in [0.3, 0.4) is 0 Å². The van der Waals surface area contributed by atoms with Crippen molar-refractivity contribution in [1.29, 1.82) is 0 Å². The van der Waals surface area contributed by atoms with Crippen molar-refractivity contribution in [2.45, 2.75) is 26.4 Å². The van der Waals surface area contributed by atoms with E-state index >= 15 is 0 Å². The minimum atomic E-state index is -5.08. The van der Waals surface area contributed by atoms with Crippen LogP contribution >= 0.6 is 11.3 Å². The van der Waals surface area contributed by atoms with Crippen LogP contribution in [0.5, 0.6) is 0 Å². The van der Waals surface area contributed by atoms with Gasteiger partial charge in [-0.15, -0.1) is 11.3 Å². The molecule has 0 aliphatic carbocycles. The van der Waals surface area contributed by atoms with E-state index in [1.807, 2.05) is 31.4 Å². The first kappa shape index (κ1) is 23.4. The van der Waals surface area contributed by atoms with Gasteiger partial charge in [-0.2, -0.15) is 13.2 Å². The van der Waals surface area contributed by atoms with Gasteiger partial charge in [0.25, 0.3) is 5.91 Å². The maximum Gasteiger partial charge on any atom is 0.490 e. The largest absolute Gasteiger partial charge is 0.490 e. The number of nitrogens with two attached hydrogens (primary N) is 1. The third kappa shape index (κ3) is 5.92. The molecule has 1 aliphatic rings. The number of hydrogen-bond donors (Lipinski definition) is 3. The Morgan fingerprint density at radius 2 is 1.78 bits per heavy atom. The number of fused-ring (bicyclic) bond motifs is 1. The van der Waals surface area contributed by atoms with Gasteiger partial charge < -0.3 is 10.4 Å². The number of aryl methyl sites for hydroxylation is 2. The summed E-state index contributed by atoms with van der Waals surface area (Å²) in [5, 5.41) is 14.9. The number of benzene rings is 2. The van der Waals surface area contributed by atoms with E-state index in [0.717, 1.165) is 35.3 Å². The number of thiazole rings is 1. The number of carboxylic acid groups (broad SMARTS) is 1. The van der Waals surface area contributed by atoms with Crippen molar-refractivity contribution < 1.29 is 33.2 Å². The highest BCUT2D eigenvalue weighted by Crippen LogP contribution is 2.28. The third-order valence-electron chi connectivity index (χ3n) is 4.67. The molecule has 0 spiro atoms. The van der Waals surface area contributed by atoms with Crippen molar-refractivity contribution in [3.63, 3.8) is 0 Å². The van der Waals surface area contributed by atoms with Crippen LogP contribution in [0, 0.1) is 13.8 Å². The molecule has 0 radical (unpaired) electrons. The highest BCUT2D eigenvalue weighted by atomic mass is 32.1. The number of carbonyl (C=O) groups excluding carboxylic acids is 1. The Hall–Kier alpha value is -3.24. The summed E-state index contributed by atoms with van der Waals surface area (Å²) in [6, 6.07) is 12.3. The van der Waals surface area contributed by atoms with Crippen LogP contribution in [0.15, 0.2) is 41.8 Å². The van der Waals surface area contributed by atoms with Gasteiger partial charge in [0.2, 0.25) is 0 Å². The number of amides is 1. The molecule has 0 saturated heterocycles. The second kappa shape index (κ2) is 9.49. The summed E-state index contributed by atoms with van der Waals surface area (Å²) in [5.74, 6) is -2.87. The second-order valence-electron chi connectivity index (χ2n) is 7.33. The summed E-state index contributed by atoms with van der Waals surface area (Å²) >= 11 is 1.46. The van der Waals surface area contributed by atoms with Gasteiger partial charge in [0.1, 0.15) is 5.69 Å². The summed E-state index contributed by atoms with van der Waals surface area (Å²) in [6.45, 7) is 5.11. The Morgan fingerprint density at radius 3 is 2.41 bits per heavy atom. The smallest absolute Gasteiger partial charge is 0.475 e. The van der Waals surface area contributed by atoms with Crippen molar-refractivity contribution in [3.8, 4) is 11.3 Å². The van der Waals surface area contributed by atoms with Crippen LogP contribution in [0.1, 0.15) is 27.0 Å². The minimum Gasteiger partial charge on any atom is -0.475 e. The molecule has 0 bridgehead atoms. The second-order valence-corrected chi connectivity index (χ2v) is 8.19. The fraction of sp³-hybridized carbons (Fsp3) is 0.227. The molecular weight excluding hydrogens is 443 g/mol. The van der Waals surface area contributed by atoms with Crippen molar-refractivity contribution in [3.05, 3.63) is 64.0 Å². The molecule has 0 saturated carbocycles. The van der Waals surface area contributed by atoms with Gasteiger partial charge in [0, 0.05) is 28.5 Å². The van der Waals surface area contributed by atoms with Crippen molar-refractivity contribution in [2.24, 2.45) is 0 Å². The first-order valence-corrected chi connectivity index (χ1v) is 10.5. The van der Waals surface area contributed by atoms with E-state index in [0.29, 0.717) is 10.7 Å². The van der Waals surface area contributed by atoms with Gasteiger partial charge in [-0.05, 0) is 44.2 Å². The maximum absolute atomic E-state index is 12.5. The van der Waals surface area contributed by atoms with E-state index in [1.165, 1.54) is 22.6 Å². The fourth-order valence-electron chi connectivity index (χ4n) is 3.30. The summed E-state index contributed by atoms with van der Waals surface area (Å²) < 4.78 is 31.7. The third-order valence-corrected chi connectivity index (χ3v) is 5.43. The topological polar surface area (TPSA) is 95.9 Å². The zero-order chi connectivity index (χ0) is 23.5. The molecule has 168 valence electrons. The number of hydrogen-bond acceptors (Lipinski definition) is 4. The predicted molar refractivity (Wildman–Crippen MR) is 115 cm³/mol. The molecule has 0 atom stereocenters. The van der Waals surface area contributed by atoms with E-state index in [4.69, 9.17) is 9.90 Å². The number of aliphatic carboxylic acids is 1. The van der Waals surface area contributed by atoms with Gasteiger partial charge in [-0.25, -0.2) is 9.78 Å². The van der Waals surface area contributed by atoms with Crippen molar-refractivity contribution in [2.75, 3.05) is 11.9 Å². The van der Waals surface area contributed by atoms with Crippen LogP contribution < -0.4 is 10.6 Å². The van der Waals surface area contributed by atoms with E-state index in [1.54, 1.807) is 0 Å². The molecular formula is C22H21F3N3O3S+. The molecule has 6 nitrogen and oxygen atoms in total. The summed E-state index contributed by atoms with van der Waals surface area (Å²) in [6.07, 6.45) is -3.98. The fourth-order valence-corrected chi connectivity index (χ4v) is 4.02. The highest BCUT2D eigenvalue weighted by Gasteiger charge is 2.38. The predicted octanol–water partition coefficient (Wildman–Crippen LogP) is 4.06. The summed E-state index contributed by atoms with van der Waals surface area (Å²) in [5.41, 5.74) is 7.57. The van der Waals surface area contributed by atoms with E-state index in [9.17, 15) is 18.0 Å². The van der Waals surface area contributed by atoms with Crippen LogP contribution in [0.2, 0.25) is 0 Å². The lowest BCUT2D eigenvalue weighted by Crippen LogP contribution is -2.75. The molecule has 2 aromatic carbocycles. The Balaban J connectivity index is 0.000000360. The Labute approximate surface area is 186 Å². The molecule has 4 rings (SSSR count). The molecule has 3 aromatic rings. The zero-order valence-electron chi connectivity index (χ0n) is 17.3. The highest BCUT2D eigenvalue weighted by molar-refractivity contribution is 7.14. The molecule has 4 N–H and O–H groups in total. The molecule has 0 fully saturated rings. The number of nitrogens with one attached hydrogen (secondary N) is 1. The lowest BCUT2D eigenvalue weighted by atomic mass is 10.1. The Morgan fingerprint density at radius 1 is 1.12 bits per heavy atom.